The van der Waals surface area contributed by atoms with E-state index in [4.69, 9.17) is 9.72 Å². The summed E-state index contributed by atoms with van der Waals surface area (Å²) in [6, 6.07) is 7.87. The first-order valence-electron chi connectivity index (χ1n) is 9.31. The van der Waals surface area contributed by atoms with Crippen LogP contribution in [0.5, 0.6) is 11.8 Å². The van der Waals surface area contributed by atoms with Gasteiger partial charge < -0.3 is 4.74 Å². The fourth-order valence-electron chi connectivity index (χ4n) is 3.94. The molecule has 9 nitrogen and oxygen atoms in total. The molecule has 1 aliphatic heterocycles. The first kappa shape index (κ1) is 17.3. The Morgan fingerprint density at radius 3 is 2.83 bits per heavy atom. The highest BCUT2D eigenvalue weighted by Crippen LogP contribution is 2.48. The lowest BCUT2D eigenvalue weighted by Gasteiger charge is -2.24. The zero-order valence-corrected chi connectivity index (χ0v) is 17.6. The van der Waals surface area contributed by atoms with E-state index in [-0.39, 0.29) is 5.92 Å². The summed E-state index contributed by atoms with van der Waals surface area (Å²) in [6.07, 6.45) is 5.46. The van der Waals surface area contributed by atoms with E-state index in [1.165, 1.54) is 0 Å². The first-order chi connectivity index (χ1) is 14.6. The number of hydrogen-bond acceptors (Lipinski definition) is 6. The summed E-state index contributed by atoms with van der Waals surface area (Å²) in [5.41, 5.74) is 5.32. The molecular weight excluding hydrogens is 448 g/mol. The molecule has 5 heterocycles. The Bertz CT molecular complexity index is 1430. The molecule has 10 heteroatoms. The van der Waals surface area contributed by atoms with Gasteiger partial charge in [-0.05, 0) is 19.1 Å². The maximum Gasteiger partial charge on any atom is 0.244 e. The van der Waals surface area contributed by atoms with Crippen LogP contribution in [-0.4, -0.2) is 39.6 Å². The maximum atomic E-state index is 6.03. The second-order valence-corrected chi connectivity index (χ2v) is 8.05. The molecule has 0 bridgehead atoms. The van der Waals surface area contributed by atoms with Crippen LogP contribution in [0.2, 0.25) is 0 Å². The van der Waals surface area contributed by atoms with E-state index in [0.717, 1.165) is 32.4 Å². The van der Waals surface area contributed by atoms with Crippen molar-refractivity contribution in [3.05, 3.63) is 69.8 Å². The number of nitrogens with one attached hydrogen (secondary N) is 1. The Labute approximate surface area is 178 Å². The van der Waals surface area contributed by atoms with E-state index < -0.39 is 0 Å². The molecule has 0 saturated carbocycles. The molecule has 6 rings (SSSR count). The van der Waals surface area contributed by atoms with Gasteiger partial charge in [-0.2, -0.15) is 5.10 Å². The third kappa shape index (κ3) is 2.43. The minimum absolute atomic E-state index is 0.177. The highest BCUT2D eigenvalue weighted by molar-refractivity contribution is 9.10. The smallest absolute Gasteiger partial charge is 0.244 e. The second kappa shape index (κ2) is 6.23. The average Bonchev–Trinajstić information content (AvgIpc) is 3.45. The standard InChI is InChI=1S/C20H15BrN8O/c1-10-14-15(11-7-23-28(2)8-11)16-18-24-17(12-5-3-4-6-13(12)21)27-29(18)9-22-19(16)30-20(14)26-25-10/h3-9,15H,1-2H3,(H,25,26). The lowest BCUT2D eigenvalue weighted by Crippen LogP contribution is -2.14. The monoisotopic (exact) mass is 462 g/mol. The minimum Gasteiger partial charge on any atom is -0.418 e. The van der Waals surface area contributed by atoms with Crippen LogP contribution in [0.1, 0.15) is 28.3 Å². The Kier molecular flexibility index (Phi) is 3.60. The summed E-state index contributed by atoms with van der Waals surface area (Å²) in [7, 11) is 1.90. The normalized spacial score (nSPS) is 15.1. The van der Waals surface area contributed by atoms with Crippen LogP contribution in [0.4, 0.5) is 0 Å². The Balaban J connectivity index is 1.64. The van der Waals surface area contributed by atoms with Crippen molar-refractivity contribution in [3.63, 3.8) is 0 Å². The molecule has 0 saturated heterocycles. The molecule has 0 amide bonds. The molecule has 1 atom stereocenters. The number of benzene rings is 1. The lowest BCUT2D eigenvalue weighted by atomic mass is 9.86. The Morgan fingerprint density at radius 1 is 1.17 bits per heavy atom. The van der Waals surface area contributed by atoms with Gasteiger partial charge in [0.2, 0.25) is 11.8 Å². The molecule has 1 aromatic carbocycles. The zero-order valence-electron chi connectivity index (χ0n) is 16.0. The van der Waals surface area contributed by atoms with Crippen molar-refractivity contribution < 1.29 is 4.74 Å². The molecule has 0 spiro atoms. The maximum absolute atomic E-state index is 6.03. The van der Waals surface area contributed by atoms with E-state index in [1.54, 1.807) is 15.5 Å². The predicted octanol–water partition coefficient (Wildman–Crippen LogP) is 3.60. The number of fused-ring (bicyclic) bond motifs is 4. The first-order valence-corrected chi connectivity index (χ1v) is 10.1. The molecule has 5 aromatic rings. The SMILES string of the molecule is Cc1[nH]nc2c1C(c1cnn(C)c1)c1c(ncn3nc(-c4ccccc4Br)nc13)O2. The van der Waals surface area contributed by atoms with Crippen LogP contribution < -0.4 is 4.74 Å². The van der Waals surface area contributed by atoms with Gasteiger partial charge in [0.1, 0.15) is 6.33 Å². The van der Waals surface area contributed by atoms with Crippen LogP contribution in [0.15, 0.2) is 47.5 Å². The van der Waals surface area contributed by atoms with Gasteiger partial charge in [-0.1, -0.05) is 28.1 Å². The third-order valence-electron chi connectivity index (χ3n) is 5.29. The molecule has 148 valence electrons. The van der Waals surface area contributed by atoms with E-state index in [1.807, 2.05) is 50.6 Å². The van der Waals surface area contributed by atoms with E-state index in [9.17, 15) is 0 Å². The summed E-state index contributed by atoms with van der Waals surface area (Å²) in [5.74, 6) is 1.43. The fraction of sp³-hybridized carbons (Fsp3) is 0.150. The molecule has 0 fully saturated rings. The van der Waals surface area contributed by atoms with Crippen LogP contribution in [0.3, 0.4) is 0 Å². The quantitative estimate of drug-likeness (QED) is 0.421. The number of nitrogens with zero attached hydrogens (tertiary/aromatic N) is 7. The van der Waals surface area contributed by atoms with Gasteiger partial charge in [0.05, 0.1) is 17.7 Å². The zero-order chi connectivity index (χ0) is 20.4. The molecule has 1 N–H and O–H groups in total. The van der Waals surface area contributed by atoms with Crippen molar-refractivity contribution in [2.75, 3.05) is 0 Å². The van der Waals surface area contributed by atoms with Crippen LogP contribution in [-0.2, 0) is 7.05 Å². The Hall–Kier alpha value is -3.53. The summed E-state index contributed by atoms with van der Waals surface area (Å²) in [5, 5.41) is 16.4. The number of rotatable bonds is 2. The second-order valence-electron chi connectivity index (χ2n) is 7.20. The van der Waals surface area contributed by atoms with Gasteiger partial charge in [-0.25, -0.2) is 14.5 Å². The fourth-order valence-corrected chi connectivity index (χ4v) is 4.40. The third-order valence-corrected chi connectivity index (χ3v) is 5.98. The van der Waals surface area contributed by atoms with Gasteiger partial charge in [0, 0.05) is 40.1 Å². The lowest BCUT2D eigenvalue weighted by molar-refractivity contribution is 0.416. The topological polar surface area (TPSA) is 98.8 Å². The number of hydrogen-bond donors (Lipinski definition) is 1. The van der Waals surface area contributed by atoms with E-state index in [0.29, 0.717) is 23.2 Å². The highest BCUT2D eigenvalue weighted by Gasteiger charge is 2.37. The predicted molar refractivity (Wildman–Crippen MR) is 111 cm³/mol. The largest absolute Gasteiger partial charge is 0.418 e. The summed E-state index contributed by atoms with van der Waals surface area (Å²) < 4.78 is 10.4. The molecule has 4 aromatic heterocycles. The van der Waals surface area contributed by atoms with Crippen LogP contribution >= 0.6 is 15.9 Å². The summed E-state index contributed by atoms with van der Waals surface area (Å²) in [4.78, 5) is 9.38. The number of aryl methyl sites for hydroxylation is 2. The minimum atomic E-state index is -0.177. The number of ether oxygens (including phenoxy) is 1. The van der Waals surface area contributed by atoms with Crippen molar-refractivity contribution in [3.8, 4) is 23.1 Å². The molecular formula is C20H15BrN8O. The molecule has 30 heavy (non-hydrogen) atoms. The van der Waals surface area contributed by atoms with Crippen molar-refractivity contribution in [1.29, 1.82) is 0 Å². The summed E-state index contributed by atoms with van der Waals surface area (Å²) >= 11 is 3.59. The average molecular weight is 463 g/mol. The van der Waals surface area contributed by atoms with Gasteiger partial charge in [-0.3, -0.25) is 9.78 Å². The summed E-state index contributed by atoms with van der Waals surface area (Å²) in [6.45, 7) is 1.98. The van der Waals surface area contributed by atoms with E-state index >= 15 is 0 Å². The number of aromatic nitrogens is 8. The molecule has 1 unspecified atom stereocenters. The molecule has 0 aliphatic carbocycles. The number of aromatic amines is 1. The Morgan fingerprint density at radius 2 is 2.03 bits per heavy atom. The van der Waals surface area contributed by atoms with Crippen LogP contribution in [0, 0.1) is 6.92 Å². The van der Waals surface area contributed by atoms with Gasteiger partial charge in [0.25, 0.3) is 0 Å². The van der Waals surface area contributed by atoms with Crippen molar-refractivity contribution in [1.82, 2.24) is 39.6 Å². The molecule has 1 aliphatic rings. The van der Waals surface area contributed by atoms with Gasteiger partial charge >= 0.3 is 0 Å². The van der Waals surface area contributed by atoms with Crippen LogP contribution in [0.25, 0.3) is 17.0 Å². The number of halogens is 1. The number of H-pyrrole nitrogens is 1. The van der Waals surface area contributed by atoms with Crippen molar-refractivity contribution in [2.45, 2.75) is 12.8 Å². The van der Waals surface area contributed by atoms with Gasteiger partial charge in [-0.15, -0.1) is 10.2 Å². The van der Waals surface area contributed by atoms with Crippen molar-refractivity contribution >= 4 is 21.6 Å². The van der Waals surface area contributed by atoms with E-state index in [2.05, 4.69) is 41.3 Å². The highest BCUT2D eigenvalue weighted by atomic mass is 79.9. The van der Waals surface area contributed by atoms with Crippen molar-refractivity contribution in [2.24, 2.45) is 7.05 Å². The van der Waals surface area contributed by atoms with Gasteiger partial charge in [0.15, 0.2) is 11.5 Å². The molecule has 0 radical (unpaired) electrons.